The Labute approximate surface area is 163 Å². The number of nitrogens with two attached hydrogens (primary N) is 1. The van der Waals surface area contributed by atoms with Crippen molar-refractivity contribution in [3.63, 3.8) is 0 Å². The van der Waals surface area contributed by atoms with Crippen LogP contribution in [0.2, 0.25) is 0 Å². The first-order valence-electron chi connectivity index (χ1n) is 8.09. The van der Waals surface area contributed by atoms with E-state index in [1.165, 1.54) is 24.1 Å². The highest BCUT2D eigenvalue weighted by Gasteiger charge is 2.14. The minimum atomic E-state index is -2.95. The number of methoxy groups -OCH3 is 1. The van der Waals surface area contributed by atoms with Crippen LogP contribution in [0.25, 0.3) is 0 Å². The van der Waals surface area contributed by atoms with Crippen LogP contribution in [0.5, 0.6) is 11.5 Å². The third-order valence-corrected chi connectivity index (χ3v) is 3.95. The Morgan fingerprint density at radius 3 is 2.52 bits per heavy atom. The smallest absolute Gasteiger partial charge is 0.387 e. The summed E-state index contributed by atoms with van der Waals surface area (Å²) in [7, 11) is 3.03. The molecule has 0 aliphatic rings. The molecule has 0 aliphatic carbocycles. The van der Waals surface area contributed by atoms with Crippen molar-refractivity contribution in [3.05, 3.63) is 53.6 Å². The largest absolute Gasteiger partial charge is 0.493 e. The monoisotopic (exact) mass is 400 g/mol. The van der Waals surface area contributed by atoms with Gasteiger partial charge in [-0.1, -0.05) is 24.3 Å². The van der Waals surface area contributed by atoms with Gasteiger partial charge in [-0.25, -0.2) is 0 Å². The normalized spacial score (nSPS) is 10.3. The number of nitrogen functional groups attached to an aromatic ring is 1. The number of ether oxygens (including phenoxy) is 2. The molecule has 0 saturated carbocycles. The molecule has 148 valence electrons. The second-order valence-electron chi connectivity index (χ2n) is 5.81. The summed E-state index contributed by atoms with van der Waals surface area (Å²) in [6.45, 7) is -2.68. The van der Waals surface area contributed by atoms with E-state index < -0.39 is 6.61 Å². The van der Waals surface area contributed by atoms with Gasteiger partial charge < -0.3 is 20.1 Å². The molecule has 5 nitrogen and oxygen atoms in total. The standard InChI is InChI=1S/C19H22F2N2O3.ClH/c1-23(18(24)10-8-14-5-3-4-6-15(14)22)12-13-7-9-16(25-2)17(11-13)26-19(20)21;/h3-7,9,11,19H,8,10,12,22H2,1-2H3;1H. The minimum absolute atomic E-state index is 0. The molecule has 0 radical (unpaired) electrons. The number of anilines is 1. The summed E-state index contributed by atoms with van der Waals surface area (Å²) >= 11 is 0. The Morgan fingerprint density at radius 1 is 1.19 bits per heavy atom. The number of hydrogen-bond donors (Lipinski definition) is 1. The van der Waals surface area contributed by atoms with Crippen LogP contribution in [0.3, 0.4) is 0 Å². The molecule has 0 aromatic heterocycles. The van der Waals surface area contributed by atoms with Crippen LogP contribution < -0.4 is 15.2 Å². The summed E-state index contributed by atoms with van der Waals surface area (Å²) in [6, 6.07) is 12.1. The first-order valence-corrected chi connectivity index (χ1v) is 8.09. The van der Waals surface area contributed by atoms with Gasteiger partial charge in [0.25, 0.3) is 0 Å². The van der Waals surface area contributed by atoms with Gasteiger partial charge in [0.2, 0.25) is 5.91 Å². The summed E-state index contributed by atoms with van der Waals surface area (Å²) in [5, 5.41) is 0. The van der Waals surface area contributed by atoms with Crippen LogP contribution in [0.15, 0.2) is 42.5 Å². The van der Waals surface area contributed by atoms with E-state index in [1.807, 2.05) is 18.2 Å². The van der Waals surface area contributed by atoms with Crippen LogP contribution >= 0.6 is 12.4 Å². The fourth-order valence-corrected chi connectivity index (χ4v) is 2.56. The highest BCUT2D eigenvalue weighted by Crippen LogP contribution is 2.30. The lowest BCUT2D eigenvalue weighted by atomic mass is 10.1. The van der Waals surface area contributed by atoms with Crippen LogP contribution in [-0.2, 0) is 17.8 Å². The molecule has 2 aromatic carbocycles. The number of halogens is 3. The third kappa shape index (κ3) is 6.60. The van der Waals surface area contributed by atoms with E-state index in [9.17, 15) is 13.6 Å². The first kappa shape index (κ1) is 22.5. The molecule has 0 fully saturated rings. The predicted molar refractivity (Wildman–Crippen MR) is 103 cm³/mol. The van der Waals surface area contributed by atoms with E-state index in [0.29, 0.717) is 24.1 Å². The van der Waals surface area contributed by atoms with Gasteiger partial charge in [0.1, 0.15) is 0 Å². The van der Waals surface area contributed by atoms with Gasteiger partial charge >= 0.3 is 6.61 Å². The lowest BCUT2D eigenvalue weighted by Gasteiger charge is -2.19. The van der Waals surface area contributed by atoms with E-state index in [0.717, 1.165) is 5.56 Å². The predicted octanol–water partition coefficient (Wildman–Crippen LogP) is 3.89. The Hall–Kier alpha value is -2.54. The molecule has 0 bridgehead atoms. The van der Waals surface area contributed by atoms with Crippen molar-refractivity contribution >= 4 is 24.0 Å². The number of benzene rings is 2. The van der Waals surface area contributed by atoms with Crippen LogP contribution in [0, 0.1) is 0 Å². The molecule has 0 heterocycles. The van der Waals surface area contributed by atoms with Gasteiger partial charge in [-0.05, 0) is 35.7 Å². The average molecular weight is 401 g/mol. The summed E-state index contributed by atoms with van der Waals surface area (Å²) in [5.41, 5.74) is 8.12. The van der Waals surface area contributed by atoms with Crippen molar-refractivity contribution in [1.82, 2.24) is 4.90 Å². The van der Waals surface area contributed by atoms with E-state index in [-0.39, 0.29) is 36.4 Å². The van der Waals surface area contributed by atoms with Crippen molar-refractivity contribution in [2.24, 2.45) is 0 Å². The van der Waals surface area contributed by atoms with Gasteiger partial charge in [-0.2, -0.15) is 8.78 Å². The van der Waals surface area contributed by atoms with Crippen molar-refractivity contribution in [2.75, 3.05) is 19.9 Å². The first-order chi connectivity index (χ1) is 12.4. The van der Waals surface area contributed by atoms with Crippen LogP contribution in [-0.4, -0.2) is 31.6 Å². The molecule has 8 heteroatoms. The van der Waals surface area contributed by atoms with Crippen LogP contribution in [0.4, 0.5) is 14.5 Å². The number of nitrogens with zero attached hydrogens (tertiary/aromatic N) is 1. The zero-order valence-corrected chi connectivity index (χ0v) is 16.0. The molecule has 2 rings (SSSR count). The number of carbonyl (C=O) groups is 1. The number of rotatable bonds is 8. The van der Waals surface area contributed by atoms with E-state index in [4.69, 9.17) is 10.5 Å². The fraction of sp³-hybridized carbons (Fsp3) is 0.316. The minimum Gasteiger partial charge on any atom is -0.493 e. The number of para-hydroxylation sites is 1. The lowest BCUT2D eigenvalue weighted by molar-refractivity contribution is -0.130. The van der Waals surface area contributed by atoms with Gasteiger partial charge in [-0.3, -0.25) is 4.79 Å². The Morgan fingerprint density at radius 2 is 1.89 bits per heavy atom. The Kier molecular flexibility index (Phi) is 8.81. The molecule has 0 saturated heterocycles. The second-order valence-corrected chi connectivity index (χ2v) is 5.81. The highest BCUT2D eigenvalue weighted by molar-refractivity contribution is 5.85. The van der Waals surface area contributed by atoms with Gasteiger partial charge in [0.15, 0.2) is 11.5 Å². The van der Waals surface area contributed by atoms with Crippen molar-refractivity contribution in [1.29, 1.82) is 0 Å². The van der Waals surface area contributed by atoms with Gasteiger partial charge in [-0.15, -0.1) is 12.4 Å². The fourth-order valence-electron chi connectivity index (χ4n) is 2.56. The number of carbonyl (C=O) groups excluding carboxylic acids is 1. The molecule has 0 aliphatic heterocycles. The topological polar surface area (TPSA) is 64.8 Å². The summed E-state index contributed by atoms with van der Waals surface area (Å²) in [6.07, 6.45) is 0.847. The Balaban J connectivity index is 0.00000364. The molecular formula is C19H23ClF2N2O3. The maximum atomic E-state index is 12.5. The Bertz CT molecular complexity index is 759. The van der Waals surface area contributed by atoms with Crippen molar-refractivity contribution in [3.8, 4) is 11.5 Å². The number of amides is 1. The summed E-state index contributed by atoms with van der Waals surface area (Å²) in [5.74, 6) is 0.0842. The zero-order chi connectivity index (χ0) is 19.1. The van der Waals surface area contributed by atoms with Crippen molar-refractivity contribution < 1.29 is 23.0 Å². The van der Waals surface area contributed by atoms with E-state index in [2.05, 4.69) is 4.74 Å². The molecule has 2 aromatic rings. The number of hydrogen-bond acceptors (Lipinski definition) is 4. The van der Waals surface area contributed by atoms with E-state index >= 15 is 0 Å². The van der Waals surface area contributed by atoms with Crippen LogP contribution in [0.1, 0.15) is 17.5 Å². The molecule has 0 spiro atoms. The highest BCUT2D eigenvalue weighted by atomic mass is 35.5. The SMILES string of the molecule is COc1ccc(CN(C)C(=O)CCc2ccccc2N)cc1OC(F)F.Cl. The summed E-state index contributed by atoms with van der Waals surface area (Å²) < 4.78 is 34.5. The second kappa shape index (κ2) is 10.6. The quantitative estimate of drug-likeness (QED) is 0.683. The molecule has 2 N–H and O–H groups in total. The lowest BCUT2D eigenvalue weighted by Crippen LogP contribution is -2.26. The number of alkyl halides is 2. The maximum Gasteiger partial charge on any atom is 0.387 e. The average Bonchev–Trinajstić information content (AvgIpc) is 2.60. The molecule has 0 atom stereocenters. The maximum absolute atomic E-state index is 12.5. The third-order valence-electron chi connectivity index (χ3n) is 3.95. The molecule has 0 unspecified atom stereocenters. The summed E-state index contributed by atoms with van der Waals surface area (Å²) in [4.78, 5) is 13.9. The van der Waals surface area contributed by atoms with Crippen molar-refractivity contribution in [2.45, 2.75) is 26.0 Å². The molecular weight excluding hydrogens is 378 g/mol. The van der Waals surface area contributed by atoms with Gasteiger partial charge in [0, 0.05) is 25.7 Å². The number of aryl methyl sites for hydroxylation is 1. The molecule has 27 heavy (non-hydrogen) atoms. The zero-order valence-electron chi connectivity index (χ0n) is 15.2. The molecule has 1 amide bonds. The van der Waals surface area contributed by atoms with Gasteiger partial charge in [0.05, 0.1) is 7.11 Å². The van der Waals surface area contributed by atoms with E-state index in [1.54, 1.807) is 19.2 Å².